The summed E-state index contributed by atoms with van der Waals surface area (Å²) in [6.07, 6.45) is 4.15. The Morgan fingerprint density at radius 1 is 0.933 bits per heavy atom. The van der Waals surface area contributed by atoms with Gasteiger partial charge in [0.1, 0.15) is 0 Å². The predicted octanol–water partition coefficient (Wildman–Crippen LogP) is 2.56. The van der Waals surface area contributed by atoms with Crippen molar-refractivity contribution in [1.29, 1.82) is 0 Å². The molecule has 5 heteroatoms. The molecular weight excluding hydrogens is 205 g/mol. The first-order valence-corrected chi connectivity index (χ1v) is 4.09. The van der Waals surface area contributed by atoms with Gasteiger partial charge in [0.05, 0.1) is 11.9 Å². The smallest absolute Gasteiger partial charge is 0.194 e. The number of nitrogens with zero attached hydrogens (tertiary/aromatic N) is 2. The van der Waals surface area contributed by atoms with Crippen LogP contribution in [0.3, 0.4) is 0 Å². The summed E-state index contributed by atoms with van der Waals surface area (Å²) in [7, 11) is 0. The van der Waals surface area contributed by atoms with Crippen LogP contribution in [-0.2, 0) is 0 Å². The summed E-state index contributed by atoms with van der Waals surface area (Å²) < 4.78 is 38.4. The molecule has 0 bridgehead atoms. The van der Waals surface area contributed by atoms with Crippen LogP contribution in [0.15, 0.2) is 30.7 Å². The lowest BCUT2D eigenvalue weighted by atomic mass is 10.1. The van der Waals surface area contributed by atoms with E-state index in [-0.39, 0.29) is 11.3 Å². The van der Waals surface area contributed by atoms with Crippen LogP contribution in [0.25, 0.3) is 11.3 Å². The topological polar surface area (TPSA) is 25.8 Å². The third-order valence-electron chi connectivity index (χ3n) is 1.84. The summed E-state index contributed by atoms with van der Waals surface area (Å²) in [6, 6.07) is 1.75. The Morgan fingerprint density at radius 3 is 2.13 bits per heavy atom. The molecule has 0 fully saturated rings. The number of halogens is 3. The minimum Gasteiger partial charge on any atom is -0.261 e. The van der Waals surface area contributed by atoms with Crippen molar-refractivity contribution in [1.82, 2.24) is 9.97 Å². The number of hydrogen-bond donors (Lipinski definition) is 0. The molecule has 0 N–H and O–H groups in total. The number of hydrogen-bond acceptors (Lipinski definition) is 2. The molecule has 1 aromatic carbocycles. The Kier molecular flexibility index (Phi) is 2.37. The second-order valence-corrected chi connectivity index (χ2v) is 2.84. The molecule has 76 valence electrons. The van der Waals surface area contributed by atoms with Crippen LogP contribution < -0.4 is 0 Å². The van der Waals surface area contributed by atoms with E-state index in [0.717, 1.165) is 12.1 Å². The van der Waals surface area contributed by atoms with Gasteiger partial charge in [-0.3, -0.25) is 9.97 Å². The van der Waals surface area contributed by atoms with Crippen molar-refractivity contribution in [3.8, 4) is 11.3 Å². The Balaban J connectivity index is 2.56. The highest BCUT2D eigenvalue weighted by molar-refractivity contribution is 5.57. The lowest BCUT2D eigenvalue weighted by Gasteiger charge is -2.01. The third-order valence-corrected chi connectivity index (χ3v) is 1.84. The second kappa shape index (κ2) is 3.68. The predicted molar refractivity (Wildman–Crippen MR) is 47.3 cm³/mol. The Hall–Kier alpha value is -1.91. The molecule has 0 unspecified atom stereocenters. The summed E-state index contributed by atoms with van der Waals surface area (Å²) in [4.78, 5) is 7.58. The maximum absolute atomic E-state index is 12.9. The van der Waals surface area contributed by atoms with Crippen LogP contribution >= 0.6 is 0 Å². The molecule has 1 heterocycles. The van der Waals surface area contributed by atoms with Crippen LogP contribution in [0.5, 0.6) is 0 Å². The molecule has 0 aliphatic heterocycles. The first kappa shape index (κ1) is 9.64. The molecule has 2 nitrogen and oxygen atoms in total. The Bertz CT molecular complexity index is 462. The van der Waals surface area contributed by atoms with Crippen molar-refractivity contribution >= 4 is 0 Å². The van der Waals surface area contributed by atoms with E-state index >= 15 is 0 Å². The molecule has 0 spiro atoms. The quantitative estimate of drug-likeness (QED) is 0.676. The van der Waals surface area contributed by atoms with Crippen molar-refractivity contribution in [3.05, 3.63) is 48.2 Å². The van der Waals surface area contributed by atoms with Gasteiger partial charge in [-0.05, 0) is 12.1 Å². The van der Waals surface area contributed by atoms with Gasteiger partial charge < -0.3 is 0 Å². The number of aromatic nitrogens is 2. The minimum atomic E-state index is -1.48. The van der Waals surface area contributed by atoms with Gasteiger partial charge >= 0.3 is 0 Å². The van der Waals surface area contributed by atoms with Crippen molar-refractivity contribution in [3.63, 3.8) is 0 Å². The van der Waals surface area contributed by atoms with E-state index in [2.05, 4.69) is 9.97 Å². The van der Waals surface area contributed by atoms with Gasteiger partial charge in [-0.1, -0.05) is 0 Å². The van der Waals surface area contributed by atoms with Crippen molar-refractivity contribution < 1.29 is 13.2 Å². The fraction of sp³-hybridized carbons (Fsp3) is 0. The third kappa shape index (κ3) is 1.81. The van der Waals surface area contributed by atoms with E-state index in [1.54, 1.807) is 0 Å². The minimum absolute atomic E-state index is 0.152. The van der Waals surface area contributed by atoms with E-state index in [9.17, 15) is 13.2 Å². The molecule has 0 aliphatic rings. The molecule has 0 atom stereocenters. The van der Waals surface area contributed by atoms with Crippen LogP contribution in [-0.4, -0.2) is 9.97 Å². The first-order valence-electron chi connectivity index (χ1n) is 4.09. The van der Waals surface area contributed by atoms with E-state index in [4.69, 9.17) is 0 Å². The van der Waals surface area contributed by atoms with Gasteiger partial charge in [0.25, 0.3) is 0 Å². The highest BCUT2D eigenvalue weighted by Gasteiger charge is 2.11. The molecule has 15 heavy (non-hydrogen) atoms. The Morgan fingerprint density at radius 2 is 1.60 bits per heavy atom. The summed E-state index contributed by atoms with van der Waals surface area (Å²) >= 11 is 0. The lowest BCUT2D eigenvalue weighted by molar-refractivity contribution is 0.447. The molecule has 0 saturated heterocycles. The number of rotatable bonds is 1. The van der Waals surface area contributed by atoms with Gasteiger partial charge in [-0.15, -0.1) is 0 Å². The van der Waals surface area contributed by atoms with Crippen LogP contribution in [0.2, 0.25) is 0 Å². The molecule has 0 aliphatic carbocycles. The Labute approximate surface area is 83.4 Å². The number of benzene rings is 1. The molecule has 0 radical (unpaired) electrons. The van der Waals surface area contributed by atoms with Gasteiger partial charge in [-0.2, -0.15) is 0 Å². The second-order valence-electron chi connectivity index (χ2n) is 2.84. The standard InChI is InChI=1S/C10H5F3N2/c11-7-3-6(4-8(12)10(7)13)9-5-14-1-2-15-9/h1-5H. The van der Waals surface area contributed by atoms with Gasteiger partial charge in [0.15, 0.2) is 17.5 Å². The van der Waals surface area contributed by atoms with Crippen LogP contribution in [0, 0.1) is 17.5 Å². The fourth-order valence-corrected chi connectivity index (χ4v) is 1.15. The van der Waals surface area contributed by atoms with Gasteiger partial charge in [-0.25, -0.2) is 13.2 Å². The monoisotopic (exact) mass is 210 g/mol. The van der Waals surface area contributed by atoms with E-state index < -0.39 is 17.5 Å². The van der Waals surface area contributed by atoms with Crippen LogP contribution in [0.1, 0.15) is 0 Å². The average Bonchev–Trinajstić information content (AvgIpc) is 2.26. The van der Waals surface area contributed by atoms with Gasteiger partial charge in [0, 0.05) is 18.0 Å². The van der Waals surface area contributed by atoms with Crippen LogP contribution in [0.4, 0.5) is 13.2 Å². The van der Waals surface area contributed by atoms with Gasteiger partial charge in [0.2, 0.25) is 0 Å². The zero-order valence-electron chi connectivity index (χ0n) is 7.42. The maximum Gasteiger partial charge on any atom is 0.194 e. The van der Waals surface area contributed by atoms with Crippen molar-refractivity contribution in [2.45, 2.75) is 0 Å². The van der Waals surface area contributed by atoms with E-state index in [1.165, 1.54) is 18.6 Å². The first-order chi connectivity index (χ1) is 7.18. The highest BCUT2D eigenvalue weighted by atomic mass is 19.2. The molecule has 2 rings (SSSR count). The zero-order chi connectivity index (χ0) is 10.8. The highest BCUT2D eigenvalue weighted by Crippen LogP contribution is 2.20. The normalized spacial score (nSPS) is 10.3. The largest absolute Gasteiger partial charge is 0.261 e. The summed E-state index contributed by atoms with van der Waals surface area (Å²) in [5.74, 6) is -3.96. The lowest BCUT2D eigenvalue weighted by Crippen LogP contribution is -1.93. The van der Waals surface area contributed by atoms with E-state index in [1.807, 2.05) is 0 Å². The maximum atomic E-state index is 12.9. The van der Waals surface area contributed by atoms with Crippen molar-refractivity contribution in [2.75, 3.05) is 0 Å². The average molecular weight is 210 g/mol. The SMILES string of the molecule is Fc1cc(-c2cnccn2)cc(F)c1F. The summed E-state index contributed by atoms with van der Waals surface area (Å²) in [6.45, 7) is 0. The summed E-state index contributed by atoms with van der Waals surface area (Å²) in [5, 5.41) is 0. The molecule has 0 saturated carbocycles. The molecule has 2 aromatic rings. The zero-order valence-corrected chi connectivity index (χ0v) is 7.42. The van der Waals surface area contributed by atoms with E-state index in [0.29, 0.717) is 0 Å². The molecular formula is C10H5F3N2. The summed E-state index contributed by atoms with van der Waals surface area (Å²) in [5.41, 5.74) is 0.440. The molecule has 1 aromatic heterocycles. The van der Waals surface area contributed by atoms with Crippen molar-refractivity contribution in [2.24, 2.45) is 0 Å². The molecule has 0 amide bonds. The fourth-order valence-electron chi connectivity index (χ4n) is 1.15.